The van der Waals surface area contributed by atoms with Gasteiger partial charge in [-0.25, -0.2) is 4.99 Å². The van der Waals surface area contributed by atoms with E-state index in [9.17, 15) is 4.79 Å². The topological polar surface area (TPSA) is 67.5 Å². The molecule has 0 aliphatic carbocycles. The molecule has 0 radical (unpaired) electrons. The summed E-state index contributed by atoms with van der Waals surface area (Å²) >= 11 is 0. The second-order valence-corrected chi connectivity index (χ2v) is 2.80. The standard InChI is InChI=1S/C9H9N3O/c10-8-5-11-9(13)6-3-1-2-4-7(6)12-8/h1-4H,5H2,(H2,10,12)(H,11,13). The minimum Gasteiger partial charge on any atom is -0.386 e. The number of benzene rings is 1. The van der Waals surface area contributed by atoms with Crippen molar-refractivity contribution in [1.82, 2.24) is 5.32 Å². The van der Waals surface area contributed by atoms with Gasteiger partial charge in [0.2, 0.25) is 0 Å². The van der Waals surface area contributed by atoms with Gasteiger partial charge in [-0.15, -0.1) is 0 Å². The largest absolute Gasteiger partial charge is 0.386 e. The number of nitrogens with one attached hydrogen (secondary N) is 1. The van der Waals surface area contributed by atoms with E-state index in [1.54, 1.807) is 18.2 Å². The molecule has 0 fully saturated rings. The molecule has 1 amide bonds. The van der Waals surface area contributed by atoms with Gasteiger partial charge in [-0.3, -0.25) is 4.79 Å². The number of hydrogen-bond acceptors (Lipinski definition) is 3. The molecule has 1 aromatic rings. The molecule has 0 bridgehead atoms. The van der Waals surface area contributed by atoms with Crippen LogP contribution in [0.2, 0.25) is 0 Å². The SMILES string of the molecule is NC1=Nc2ccccc2C(=O)NC1. The smallest absolute Gasteiger partial charge is 0.253 e. The van der Waals surface area contributed by atoms with E-state index in [1.807, 2.05) is 6.07 Å². The number of carbonyl (C=O) groups is 1. The Morgan fingerprint density at radius 2 is 2.15 bits per heavy atom. The monoisotopic (exact) mass is 175 g/mol. The fourth-order valence-electron chi connectivity index (χ4n) is 1.22. The number of rotatable bonds is 0. The molecule has 0 atom stereocenters. The first kappa shape index (κ1) is 7.79. The van der Waals surface area contributed by atoms with Crippen LogP contribution in [0.4, 0.5) is 5.69 Å². The maximum absolute atomic E-state index is 11.4. The summed E-state index contributed by atoms with van der Waals surface area (Å²) in [6.45, 7) is 0.313. The van der Waals surface area contributed by atoms with Crippen LogP contribution in [-0.2, 0) is 0 Å². The lowest BCUT2D eigenvalue weighted by molar-refractivity contribution is 0.0961. The second-order valence-electron chi connectivity index (χ2n) is 2.80. The van der Waals surface area contributed by atoms with Gasteiger partial charge in [0.05, 0.1) is 17.8 Å². The van der Waals surface area contributed by atoms with Crippen molar-refractivity contribution in [2.75, 3.05) is 6.54 Å². The van der Waals surface area contributed by atoms with E-state index < -0.39 is 0 Å². The Morgan fingerprint density at radius 1 is 1.38 bits per heavy atom. The van der Waals surface area contributed by atoms with Crippen LogP contribution < -0.4 is 11.1 Å². The quantitative estimate of drug-likeness (QED) is 0.600. The third kappa shape index (κ3) is 1.38. The Labute approximate surface area is 75.5 Å². The lowest BCUT2D eigenvalue weighted by Crippen LogP contribution is -2.31. The number of fused-ring (bicyclic) bond motifs is 1. The number of nitrogens with zero attached hydrogens (tertiary/aromatic N) is 1. The van der Waals surface area contributed by atoms with Crippen LogP contribution in [0.5, 0.6) is 0 Å². The van der Waals surface area contributed by atoms with Gasteiger partial charge in [0.1, 0.15) is 5.84 Å². The molecule has 1 aromatic carbocycles. The highest BCUT2D eigenvalue weighted by molar-refractivity contribution is 6.04. The molecule has 0 unspecified atom stereocenters. The van der Waals surface area contributed by atoms with Crippen molar-refractivity contribution >= 4 is 17.4 Å². The second kappa shape index (κ2) is 2.90. The minimum atomic E-state index is -0.125. The number of amides is 1. The number of nitrogens with two attached hydrogens (primary N) is 1. The Balaban J connectivity index is 2.57. The fraction of sp³-hybridized carbons (Fsp3) is 0.111. The zero-order valence-electron chi connectivity index (χ0n) is 6.95. The predicted molar refractivity (Wildman–Crippen MR) is 50.1 cm³/mol. The van der Waals surface area contributed by atoms with E-state index in [0.717, 1.165) is 0 Å². The van der Waals surface area contributed by atoms with E-state index in [0.29, 0.717) is 23.6 Å². The highest BCUT2D eigenvalue weighted by Gasteiger charge is 2.13. The Bertz CT molecular complexity index is 384. The van der Waals surface area contributed by atoms with Crippen LogP contribution >= 0.6 is 0 Å². The molecule has 2 rings (SSSR count). The van der Waals surface area contributed by atoms with Gasteiger partial charge in [-0.1, -0.05) is 12.1 Å². The number of carbonyl (C=O) groups excluding carboxylic acids is 1. The molecule has 0 saturated heterocycles. The molecule has 66 valence electrons. The van der Waals surface area contributed by atoms with Crippen LogP contribution in [0.3, 0.4) is 0 Å². The van der Waals surface area contributed by atoms with Gasteiger partial charge in [0, 0.05) is 0 Å². The van der Waals surface area contributed by atoms with Crippen molar-refractivity contribution in [3.8, 4) is 0 Å². The Morgan fingerprint density at radius 3 is 3.00 bits per heavy atom. The van der Waals surface area contributed by atoms with Crippen molar-refractivity contribution < 1.29 is 4.79 Å². The molecule has 4 nitrogen and oxygen atoms in total. The normalized spacial score (nSPS) is 15.4. The molecule has 13 heavy (non-hydrogen) atoms. The first-order valence-electron chi connectivity index (χ1n) is 3.97. The molecule has 1 aliphatic rings. The zero-order valence-corrected chi connectivity index (χ0v) is 6.95. The summed E-state index contributed by atoms with van der Waals surface area (Å²) in [5.74, 6) is 0.304. The van der Waals surface area contributed by atoms with E-state index >= 15 is 0 Å². The van der Waals surface area contributed by atoms with Crippen molar-refractivity contribution in [2.45, 2.75) is 0 Å². The molecule has 3 N–H and O–H groups in total. The summed E-state index contributed by atoms with van der Waals surface area (Å²) in [5.41, 5.74) is 6.75. The highest BCUT2D eigenvalue weighted by atomic mass is 16.1. The van der Waals surface area contributed by atoms with Crippen LogP contribution in [0.15, 0.2) is 29.3 Å². The van der Waals surface area contributed by atoms with E-state index in [2.05, 4.69) is 10.3 Å². The Kier molecular flexibility index (Phi) is 1.73. The molecule has 1 aliphatic heterocycles. The lowest BCUT2D eigenvalue weighted by atomic mass is 10.2. The average molecular weight is 175 g/mol. The lowest BCUT2D eigenvalue weighted by Gasteiger charge is -1.99. The molecular weight excluding hydrogens is 166 g/mol. The number of hydrogen-bond donors (Lipinski definition) is 2. The maximum atomic E-state index is 11.4. The Hall–Kier alpha value is -1.84. The third-order valence-corrected chi connectivity index (χ3v) is 1.84. The van der Waals surface area contributed by atoms with Crippen LogP contribution in [-0.4, -0.2) is 18.3 Å². The third-order valence-electron chi connectivity index (χ3n) is 1.84. The van der Waals surface area contributed by atoms with Gasteiger partial charge in [0.25, 0.3) is 5.91 Å². The van der Waals surface area contributed by atoms with Gasteiger partial charge >= 0.3 is 0 Å². The van der Waals surface area contributed by atoms with Gasteiger partial charge in [0.15, 0.2) is 0 Å². The minimum absolute atomic E-state index is 0.125. The summed E-state index contributed by atoms with van der Waals surface area (Å²) in [4.78, 5) is 15.5. The van der Waals surface area contributed by atoms with Crippen LogP contribution in [0, 0.1) is 0 Å². The van der Waals surface area contributed by atoms with Crippen molar-refractivity contribution in [1.29, 1.82) is 0 Å². The summed E-state index contributed by atoms with van der Waals surface area (Å²) in [6, 6.07) is 7.13. The highest BCUT2D eigenvalue weighted by Crippen LogP contribution is 2.19. The zero-order chi connectivity index (χ0) is 9.26. The van der Waals surface area contributed by atoms with Gasteiger partial charge in [-0.05, 0) is 12.1 Å². The summed E-state index contributed by atoms with van der Waals surface area (Å²) in [6.07, 6.45) is 0. The van der Waals surface area contributed by atoms with Crippen LogP contribution in [0.1, 0.15) is 10.4 Å². The summed E-state index contributed by atoms with van der Waals surface area (Å²) in [7, 11) is 0. The maximum Gasteiger partial charge on any atom is 0.253 e. The van der Waals surface area contributed by atoms with Crippen molar-refractivity contribution in [3.63, 3.8) is 0 Å². The van der Waals surface area contributed by atoms with Crippen molar-refractivity contribution in [2.24, 2.45) is 10.7 Å². The molecule has 1 heterocycles. The molecular formula is C9H9N3O. The van der Waals surface area contributed by atoms with E-state index in [-0.39, 0.29) is 5.91 Å². The summed E-state index contributed by atoms with van der Waals surface area (Å²) < 4.78 is 0. The number of aliphatic imine (C=N–C) groups is 1. The molecule has 0 aromatic heterocycles. The first-order valence-corrected chi connectivity index (χ1v) is 3.97. The first-order chi connectivity index (χ1) is 6.27. The molecule has 4 heteroatoms. The van der Waals surface area contributed by atoms with Gasteiger partial charge in [-0.2, -0.15) is 0 Å². The predicted octanol–water partition coefficient (Wildman–Crippen LogP) is 0.419. The summed E-state index contributed by atoms with van der Waals surface area (Å²) in [5, 5.41) is 2.66. The molecule has 0 spiro atoms. The average Bonchev–Trinajstić information content (AvgIpc) is 2.27. The van der Waals surface area contributed by atoms with Gasteiger partial charge < -0.3 is 11.1 Å². The fourth-order valence-corrected chi connectivity index (χ4v) is 1.22. The van der Waals surface area contributed by atoms with Crippen LogP contribution in [0.25, 0.3) is 0 Å². The number of amidine groups is 1. The molecule has 0 saturated carbocycles. The van der Waals surface area contributed by atoms with E-state index in [1.165, 1.54) is 0 Å². The number of para-hydroxylation sites is 1. The van der Waals surface area contributed by atoms with E-state index in [4.69, 9.17) is 5.73 Å². The van der Waals surface area contributed by atoms with Crippen molar-refractivity contribution in [3.05, 3.63) is 29.8 Å².